The summed E-state index contributed by atoms with van der Waals surface area (Å²) in [5.41, 5.74) is -0.932. The summed E-state index contributed by atoms with van der Waals surface area (Å²) >= 11 is 0. The summed E-state index contributed by atoms with van der Waals surface area (Å²) < 4.78 is 77.8. The fourth-order valence-corrected chi connectivity index (χ4v) is 4.93. The van der Waals surface area contributed by atoms with Crippen molar-refractivity contribution < 1.29 is 26.3 Å². The minimum Gasteiger partial charge on any atom is -0.166 e. The molecule has 0 heterocycles. The van der Waals surface area contributed by atoms with Crippen molar-refractivity contribution in [3.8, 4) is 0 Å². The van der Waals surface area contributed by atoms with Crippen LogP contribution in [0.5, 0.6) is 0 Å². The maximum atomic E-state index is 13.0. The molecule has 126 valence electrons. The molecule has 0 amide bonds. The Balaban J connectivity index is 2.68. The van der Waals surface area contributed by atoms with Crippen molar-refractivity contribution in [1.82, 2.24) is 0 Å². The first-order chi connectivity index (χ1) is 10.4. The molecule has 2 rings (SSSR count). The molecular formula is C16H16F6Si. The Morgan fingerprint density at radius 3 is 1.74 bits per heavy atom. The van der Waals surface area contributed by atoms with Crippen molar-refractivity contribution in [3.63, 3.8) is 0 Å². The van der Waals surface area contributed by atoms with E-state index in [4.69, 9.17) is 0 Å². The lowest BCUT2D eigenvalue weighted by Crippen LogP contribution is -2.12. The maximum absolute atomic E-state index is 13.0. The van der Waals surface area contributed by atoms with E-state index in [1.54, 1.807) is 0 Å². The minimum atomic E-state index is -4.81. The predicted octanol–water partition coefficient (Wildman–Crippen LogP) is 5.85. The van der Waals surface area contributed by atoms with Crippen molar-refractivity contribution in [1.29, 1.82) is 0 Å². The molecule has 0 aromatic heterocycles. The molecule has 23 heavy (non-hydrogen) atoms. The topological polar surface area (TPSA) is 0 Å². The van der Waals surface area contributed by atoms with E-state index < -0.39 is 32.3 Å². The molecule has 0 nitrogen and oxygen atoms in total. The molecule has 0 unspecified atom stereocenters. The minimum absolute atomic E-state index is 0.0245. The Bertz CT molecular complexity index is 645. The first-order valence-electron chi connectivity index (χ1n) is 7.11. The van der Waals surface area contributed by atoms with E-state index in [0.717, 1.165) is 22.9 Å². The van der Waals surface area contributed by atoms with Gasteiger partial charge in [-0.15, -0.1) is 0 Å². The zero-order chi connectivity index (χ0) is 17.6. The highest BCUT2D eigenvalue weighted by molar-refractivity contribution is 6.66. The summed E-state index contributed by atoms with van der Waals surface area (Å²) in [7, 11) is -1.38. The Hall–Kier alpha value is -1.50. The molecule has 0 atom stereocenters. The quantitative estimate of drug-likeness (QED) is 0.463. The van der Waals surface area contributed by atoms with Gasteiger partial charge in [0.05, 0.1) is 19.9 Å². The van der Waals surface area contributed by atoms with Crippen molar-refractivity contribution >= 4 is 14.4 Å². The average Bonchev–Trinajstić information content (AvgIpc) is 2.78. The second-order valence-electron chi connectivity index (χ2n) is 5.93. The first-order valence-corrected chi connectivity index (χ1v) is 10.00. The lowest BCUT2D eigenvalue weighted by Gasteiger charge is -2.17. The third kappa shape index (κ3) is 3.71. The summed E-state index contributed by atoms with van der Waals surface area (Å²) in [6.45, 7) is 5.88. The van der Waals surface area contributed by atoms with Crippen LogP contribution in [0.4, 0.5) is 26.3 Å². The van der Waals surface area contributed by atoms with Crippen LogP contribution < -0.4 is 0 Å². The summed E-state index contributed by atoms with van der Waals surface area (Å²) in [5, 5.41) is 0.956. The van der Waals surface area contributed by atoms with Crippen LogP contribution in [0.2, 0.25) is 13.1 Å². The van der Waals surface area contributed by atoms with Gasteiger partial charge < -0.3 is 0 Å². The average molecular weight is 350 g/mol. The van der Waals surface area contributed by atoms with E-state index >= 15 is 0 Å². The lowest BCUT2D eigenvalue weighted by molar-refractivity contribution is -0.143. The van der Waals surface area contributed by atoms with E-state index in [0.29, 0.717) is 12.0 Å². The third-order valence-corrected chi connectivity index (χ3v) is 5.83. The molecule has 0 fully saturated rings. The summed E-state index contributed by atoms with van der Waals surface area (Å²) in [5.74, 6) is 0. The van der Waals surface area contributed by atoms with E-state index in [9.17, 15) is 26.3 Å². The van der Waals surface area contributed by atoms with Gasteiger partial charge in [0, 0.05) is 0 Å². The van der Waals surface area contributed by atoms with Crippen molar-refractivity contribution in [2.45, 2.75) is 38.8 Å². The standard InChI is InChI=1S/C16H16F6Si/c1-9-4-5-13(14(9)23(2)3)10-6-11(15(17,18)19)8-12(7-10)16(20,21)22/h4,6-8,23H,5H2,1-3H3. The SMILES string of the molecule is CC1=CCC(c2cc(C(F)(F)F)cc(C(F)(F)F)c2)=C1[SiH](C)C. The molecule has 1 aliphatic rings. The monoisotopic (exact) mass is 350 g/mol. The smallest absolute Gasteiger partial charge is 0.166 e. The molecule has 7 heteroatoms. The van der Waals surface area contributed by atoms with Crippen molar-refractivity contribution in [2.75, 3.05) is 0 Å². The molecule has 0 bridgehead atoms. The highest BCUT2D eigenvalue weighted by Crippen LogP contribution is 2.41. The van der Waals surface area contributed by atoms with E-state index in [2.05, 4.69) is 0 Å². The van der Waals surface area contributed by atoms with Crippen LogP contribution in [0, 0.1) is 0 Å². The van der Waals surface area contributed by atoms with E-state index in [-0.39, 0.29) is 11.6 Å². The van der Waals surface area contributed by atoms with E-state index in [1.807, 2.05) is 26.1 Å². The van der Waals surface area contributed by atoms with Crippen molar-refractivity contribution in [2.24, 2.45) is 0 Å². The van der Waals surface area contributed by atoms with Gasteiger partial charge in [0.25, 0.3) is 0 Å². The molecule has 0 saturated carbocycles. The van der Waals surface area contributed by atoms with Gasteiger partial charge in [-0.2, -0.15) is 26.3 Å². The van der Waals surface area contributed by atoms with Crippen LogP contribution >= 0.6 is 0 Å². The van der Waals surface area contributed by atoms with Gasteiger partial charge in [-0.25, -0.2) is 0 Å². The van der Waals surface area contributed by atoms with Gasteiger partial charge in [-0.05, 0) is 42.7 Å². The number of benzene rings is 1. The summed E-state index contributed by atoms with van der Waals surface area (Å²) in [6.07, 6.45) is -7.38. The Kier molecular flexibility index (Phi) is 4.54. The van der Waals surface area contributed by atoms with Crippen LogP contribution in [0.15, 0.2) is 35.0 Å². The van der Waals surface area contributed by atoms with Crippen molar-refractivity contribution in [3.05, 3.63) is 51.7 Å². The normalized spacial score (nSPS) is 16.3. The second kappa shape index (κ2) is 5.85. The number of alkyl halides is 6. The predicted molar refractivity (Wildman–Crippen MR) is 80.6 cm³/mol. The Morgan fingerprint density at radius 1 is 0.870 bits per heavy atom. The highest BCUT2D eigenvalue weighted by atomic mass is 28.3. The van der Waals surface area contributed by atoms with Gasteiger partial charge in [-0.1, -0.05) is 29.9 Å². The van der Waals surface area contributed by atoms with Gasteiger partial charge in [0.1, 0.15) is 0 Å². The Labute approximate surface area is 132 Å². The molecule has 0 radical (unpaired) electrons. The van der Waals surface area contributed by atoms with Gasteiger partial charge in [-0.3, -0.25) is 0 Å². The Morgan fingerprint density at radius 2 is 1.35 bits per heavy atom. The lowest BCUT2D eigenvalue weighted by atomic mass is 9.98. The largest absolute Gasteiger partial charge is 0.416 e. The number of hydrogen-bond donors (Lipinski definition) is 0. The number of allylic oxidation sites excluding steroid dienone is 4. The molecule has 0 N–H and O–H groups in total. The molecule has 0 saturated heterocycles. The highest BCUT2D eigenvalue weighted by Gasteiger charge is 2.37. The second-order valence-corrected chi connectivity index (χ2v) is 8.82. The fraction of sp³-hybridized carbons (Fsp3) is 0.375. The molecule has 1 aromatic rings. The van der Waals surface area contributed by atoms with Crippen LogP contribution in [-0.2, 0) is 12.4 Å². The third-order valence-electron chi connectivity index (χ3n) is 3.88. The van der Waals surface area contributed by atoms with Gasteiger partial charge in [0.2, 0.25) is 0 Å². The van der Waals surface area contributed by atoms with Crippen LogP contribution in [0.1, 0.15) is 30.0 Å². The first kappa shape index (κ1) is 17.8. The summed E-state index contributed by atoms with van der Waals surface area (Å²) in [4.78, 5) is 0. The molecule has 0 spiro atoms. The molecule has 1 aromatic carbocycles. The number of halogens is 6. The zero-order valence-corrected chi connectivity index (χ0v) is 14.0. The number of rotatable bonds is 2. The fourth-order valence-electron chi connectivity index (χ4n) is 2.92. The number of hydrogen-bond acceptors (Lipinski definition) is 0. The molecule has 0 aliphatic heterocycles. The van der Waals surface area contributed by atoms with Gasteiger partial charge in [0.15, 0.2) is 0 Å². The summed E-state index contributed by atoms with van der Waals surface area (Å²) in [6, 6.07) is 1.83. The molecule has 1 aliphatic carbocycles. The zero-order valence-electron chi connectivity index (χ0n) is 12.9. The van der Waals surface area contributed by atoms with Crippen LogP contribution in [0.25, 0.3) is 5.57 Å². The van der Waals surface area contributed by atoms with Crippen LogP contribution in [-0.4, -0.2) is 8.80 Å². The van der Waals surface area contributed by atoms with Crippen LogP contribution in [0.3, 0.4) is 0 Å². The van der Waals surface area contributed by atoms with E-state index in [1.165, 1.54) is 0 Å². The maximum Gasteiger partial charge on any atom is 0.416 e. The molecular weight excluding hydrogens is 334 g/mol. The van der Waals surface area contributed by atoms with Gasteiger partial charge >= 0.3 is 12.4 Å².